The fraction of sp³-hybridized carbons (Fsp3) is 0.833. The molecule has 0 aliphatic rings. The third kappa shape index (κ3) is 6.06. The highest BCUT2D eigenvalue weighted by molar-refractivity contribution is 6.18. The topological polar surface area (TPSA) is 46.5 Å². The standard InChI is InChI=1S/C6H10ClFO3/c7-1-2-11-6(10)3-5(9)4-8/h5,9H,1-4H2. The third-order valence-corrected chi connectivity index (χ3v) is 1.07. The summed E-state index contributed by atoms with van der Waals surface area (Å²) in [5.41, 5.74) is 0. The Labute approximate surface area is 69.1 Å². The minimum Gasteiger partial charge on any atom is -0.464 e. The van der Waals surface area contributed by atoms with E-state index in [1.807, 2.05) is 0 Å². The Morgan fingerprint density at radius 1 is 1.73 bits per heavy atom. The van der Waals surface area contributed by atoms with Crippen LogP contribution in [-0.2, 0) is 9.53 Å². The van der Waals surface area contributed by atoms with E-state index in [1.165, 1.54) is 0 Å². The number of alkyl halides is 2. The first kappa shape index (κ1) is 10.7. The van der Waals surface area contributed by atoms with Gasteiger partial charge in [-0.05, 0) is 0 Å². The molecule has 0 aliphatic heterocycles. The monoisotopic (exact) mass is 184 g/mol. The van der Waals surface area contributed by atoms with E-state index in [1.54, 1.807) is 0 Å². The molecule has 0 saturated heterocycles. The molecule has 0 aliphatic carbocycles. The Morgan fingerprint density at radius 3 is 2.82 bits per heavy atom. The number of ether oxygens (including phenoxy) is 1. The molecule has 1 atom stereocenters. The van der Waals surface area contributed by atoms with Gasteiger partial charge in [-0.3, -0.25) is 4.79 Å². The van der Waals surface area contributed by atoms with Gasteiger partial charge in [-0.1, -0.05) is 0 Å². The molecule has 0 heterocycles. The van der Waals surface area contributed by atoms with E-state index in [9.17, 15) is 9.18 Å². The summed E-state index contributed by atoms with van der Waals surface area (Å²) in [5, 5.41) is 8.62. The number of hydrogen-bond donors (Lipinski definition) is 1. The largest absolute Gasteiger partial charge is 0.464 e. The van der Waals surface area contributed by atoms with Crippen molar-refractivity contribution in [1.29, 1.82) is 0 Å². The van der Waals surface area contributed by atoms with Crippen LogP contribution in [0, 0.1) is 0 Å². The van der Waals surface area contributed by atoms with Gasteiger partial charge in [-0.2, -0.15) is 0 Å². The van der Waals surface area contributed by atoms with Gasteiger partial charge in [0, 0.05) is 0 Å². The minimum atomic E-state index is -1.25. The summed E-state index contributed by atoms with van der Waals surface area (Å²) in [6, 6.07) is 0. The van der Waals surface area contributed by atoms with Crippen molar-refractivity contribution in [2.75, 3.05) is 19.2 Å². The van der Waals surface area contributed by atoms with Gasteiger partial charge in [0.1, 0.15) is 13.3 Å². The van der Waals surface area contributed by atoms with Crippen LogP contribution in [0.5, 0.6) is 0 Å². The van der Waals surface area contributed by atoms with Gasteiger partial charge >= 0.3 is 5.97 Å². The molecule has 11 heavy (non-hydrogen) atoms. The zero-order valence-corrected chi connectivity index (χ0v) is 6.68. The fourth-order valence-electron chi connectivity index (χ4n) is 0.458. The van der Waals surface area contributed by atoms with Crippen molar-refractivity contribution in [3.05, 3.63) is 0 Å². The van der Waals surface area contributed by atoms with Crippen molar-refractivity contribution in [2.45, 2.75) is 12.5 Å². The molecule has 0 rings (SSSR count). The van der Waals surface area contributed by atoms with E-state index in [0.717, 1.165) is 0 Å². The molecule has 66 valence electrons. The summed E-state index contributed by atoms with van der Waals surface area (Å²) in [4.78, 5) is 10.6. The van der Waals surface area contributed by atoms with Crippen LogP contribution in [-0.4, -0.2) is 36.3 Å². The molecule has 0 radical (unpaired) electrons. The van der Waals surface area contributed by atoms with Crippen LogP contribution < -0.4 is 0 Å². The highest BCUT2D eigenvalue weighted by atomic mass is 35.5. The number of carbonyl (C=O) groups is 1. The maximum absolute atomic E-state index is 11.6. The Bertz CT molecular complexity index is 120. The summed E-state index contributed by atoms with van der Waals surface area (Å²) >= 11 is 5.20. The van der Waals surface area contributed by atoms with Crippen LogP contribution in [0.25, 0.3) is 0 Å². The molecule has 0 saturated carbocycles. The van der Waals surface area contributed by atoms with E-state index < -0.39 is 18.7 Å². The molecule has 0 amide bonds. The zero-order valence-electron chi connectivity index (χ0n) is 5.93. The number of aliphatic hydroxyl groups excluding tert-OH is 1. The normalized spacial score (nSPS) is 12.6. The minimum absolute atomic E-state index is 0.0966. The maximum atomic E-state index is 11.6. The van der Waals surface area contributed by atoms with Gasteiger partial charge in [0.2, 0.25) is 0 Å². The maximum Gasteiger partial charge on any atom is 0.308 e. The second kappa shape index (κ2) is 6.37. The van der Waals surface area contributed by atoms with Crippen LogP contribution in [0.4, 0.5) is 4.39 Å². The first-order valence-electron chi connectivity index (χ1n) is 3.16. The van der Waals surface area contributed by atoms with Crippen molar-refractivity contribution in [1.82, 2.24) is 0 Å². The van der Waals surface area contributed by atoms with E-state index in [2.05, 4.69) is 4.74 Å². The van der Waals surface area contributed by atoms with E-state index in [4.69, 9.17) is 16.7 Å². The lowest BCUT2D eigenvalue weighted by molar-refractivity contribution is -0.145. The second-order valence-electron chi connectivity index (χ2n) is 1.92. The van der Waals surface area contributed by atoms with Gasteiger partial charge in [0.15, 0.2) is 0 Å². The van der Waals surface area contributed by atoms with Gasteiger partial charge in [-0.25, -0.2) is 4.39 Å². The first-order valence-corrected chi connectivity index (χ1v) is 3.69. The first-order chi connectivity index (χ1) is 5.20. The molecule has 3 nitrogen and oxygen atoms in total. The smallest absolute Gasteiger partial charge is 0.308 e. The van der Waals surface area contributed by atoms with E-state index in [0.29, 0.717) is 0 Å². The van der Waals surface area contributed by atoms with Crippen LogP contribution >= 0.6 is 11.6 Å². The lowest BCUT2D eigenvalue weighted by Crippen LogP contribution is -2.17. The van der Waals surface area contributed by atoms with Crippen molar-refractivity contribution in [3.63, 3.8) is 0 Å². The third-order valence-electron chi connectivity index (χ3n) is 0.921. The molecule has 1 unspecified atom stereocenters. The average molecular weight is 185 g/mol. The summed E-state index contributed by atoms with van der Waals surface area (Å²) in [6.45, 7) is -0.838. The van der Waals surface area contributed by atoms with Crippen LogP contribution in [0.1, 0.15) is 6.42 Å². The van der Waals surface area contributed by atoms with Gasteiger partial charge in [0.05, 0.1) is 18.4 Å². The van der Waals surface area contributed by atoms with Crippen molar-refractivity contribution in [3.8, 4) is 0 Å². The molecule has 0 aromatic rings. The number of aliphatic hydroxyl groups is 1. The van der Waals surface area contributed by atoms with Crippen LogP contribution in [0.3, 0.4) is 0 Å². The molecule has 0 spiro atoms. The second-order valence-corrected chi connectivity index (χ2v) is 2.30. The quantitative estimate of drug-likeness (QED) is 0.500. The van der Waals surface area contributed by atoms with E-state index >= 15 is 0 Å². The molecule has 1 N–H and O–H groups in total. The number of halogens is 2. The fourth-order valence-corrected chi connectivity index (χ4v) is 0.535. The number of esters is 1. The number of carbonyl (C=O) groups excluding carboxylic acids is 1. The van der Waals surface area contributed by atoms with Gasteiger partial charge < -0.3 is 9.84 Å². The Hall–Kier alpha value is -0.350. The lowest BCUT2D eigenvalue weighted by atomic mass is 10.3. The number of rotatable bonds is 5. The Kier molecular flexibility index (Phi) is 6.16. The lowest BCUT2D eigenvalue weighted by Gasteiger charge is -2.04. The summed E-state index contributed by atoms with van der Waals surface area (Å²) in [5.74, 6) is -0.423. The Balaban J connectivity index is 3.36. The van der Waals surface area contributed by atoms with Gasteiger partial charge in [0.25, 0.3) is 0 Å². The molecule has 0 bridgehead atoms. The molecular weight excluding hydrogens is 175 g/mol. The summed E-state index contributed by atoms with van der Waals surface area (Å²) < 4.78 is 16.1. The molecular formula is C6H10ClFO3. The summed E-state index contributed by atoms with van der Waals surface area (Å²) in [7, 11) is 0. The van der Waals surface area contributed by atoms with Crippen molar-refractivity contribution in [2.24, 2.45) is 0 Å². The molecule has 0 aromatic heterocycles. The highest BCUT2D eigenvalue weighted by Crippen LogP contribution is 1.95. The van der Waals surface area contributed by atoms with Crippen LogP contribution in [0.2, 0.25) is 0 Å². The van der Waals surface area contributed by atoms with E-state index in [-0.39, 0.29) is 18.9 Å². The molecule has 0 aromatic carbocycles. The number of hydrogen-bond acceptors (Lipinski definition) is 3. The van der Waals surface area contributed by atoms with Crippen molar-refractivity contribution >= 4 is 17.6 Å². The summed E-state index contributed by atoms with van der Waals surface area (Å²) in [6.07, 6.45) is -1.56. The molecule has 0 fully saturated rings. The predicted octanol–water partition coefficient (Wildman–Crippen LogP) is 0.489. The van der Waals surface area contributed by atoms with Crippen molar-refractivity contribution < 1.29 is 19.0 Å². The predicted molar refractivity (Wildman–Crippen MR) is 38.3 cm³/mol. The zero-order chi connectivity index (χ0) is 8.69. The molecule has 5 heteroatoms. The highest BCUT2D eigenvalue weighted by Gasteiger charge is 2.10. The SMILES string of the molecule is O=C(CC(O)CF)OCCCl. The average Bonchev–Trinajstić information content (AvgIpc) is 2.00. The Morgan fingerprint density at radius 2 is 2.36 bits per heavy atom. The van der Waals surface area contributed by atoms with Gasteiger partial charge in [-0.15, -0.1) is 11.6 Å². The van der Waals surface area contributed by atoms with Crippen LogP contribution in [0.15, 0.2) is 0 Å².